The summed E-state index contributed by atoms with van der Waals surface area (Å²) in [4.78, 5) is 28.1. The molecule has 0 aliphatic heterocycles. The molecule has 8 heteroatoms. The van der Waals surface area contributed by atoms with E-state index in [1.54, 1.807) is 25.1 Å². The molecule has 0 fully saturated rings. The van der Waals surface area contributed by atoms with Gasteiger partial charge in [0.15, 0.2) is 0 Å². The second kappa shape index (κ2) is 6.00. The molecule has 3 aromatic rings. The lowest BCUT2D eigenvalue weighted by Crippen LogP contribution is -2.23. The summed E-state index contributed by atoms with van der Waals surface area (Å²) in [5.74, 6) is 0.397. The van der Waals surface area contributed by atoms with E-state index in [9.17, 15) is 14.9 Å². The Kier molecular flexibility index (Phi) is 4.19. The molecule has 0 amide bonds. The molecule has 0 atom stereocenters. The lowest BCUT2D eigenvalue weighted by atomic mass is 10.2. The topological polar surface area (TPSA) is 78.0 Å². The Bertz CT molecular complexity index is 1020. The Morgan fingerprint density at radius 1 is 1.26 bits per heavy atom. The number of halogens is 2. The third kappa shape index (κ3) is 2.88. The monoisotopic (exact) mass is 485 g/mol. The molecule has 1 aromatic heterocycles. The number of benzene rings is 2. The van der Waals surface area contributed by atoms with Crippen molar-refractivity contribution in [2.75, 3.05) is 0 Å². The van der Waals surface area contributed by atoms with E-state index >= 15 is 0 Å². The van der Waals surface area contributed by atoms with Crippen molar-refractivity contribution in [1.82, 2.24) is 9.55 Å². The Morgan fingerprint density at radius 3 is 2.70 bits per heavy atom. The zero-order valence-electron chi connectivity index (χ0n) is 11.8. The van der Waals surface area contributed by atoms with E-state index in [1.807, 2.05) is 6.07 Å². The Morgan fingerprint density at radius 2 is 2.00 bits per heavy atom. The fourth-order valence-corrected chi connectivity index (χ4v) is 3.22. The third-order valence-corrected chi connectivity index (χ3v) is 4.54. The van der Waals surface area contributed by atoms with Crippen LogP contribution in [0.1, 0.15) is 5.82 Å². The largest absolute Gasteiger partial charge is 0.294 e. The van der Waals surface area contributed by atoms with E-state index in [-0.39, 0.29) is 16.9 Å². The first-order valence-electron chi connectivity index (χ1n) is 6.51. The molecule has 1 heterocycles. The van der Waals surface area contributed by atoms with Gasteiger partial charge in [-0.2, -0.15) is 0 Å². The maximum atomic E-state index is 12.8. The van der Waals surface area contributed by atoms with Crippen LogP contribution in [0.15, 0.2) is 45.7 Å². The summed E-state index contributed by atoms with van der Waals surface area (Å²) in [6, 6.07) is 9.93. The molecule has 0 N–H and O–H groups in total. The fourth-order valence-electron chi connectivity index (χ4n) is 2.38. The van der Waals surface area contributed by atoms with Crippen LogP contribution in [-0.4, -0.2) is 14.5 Å². The van der Waals surface area contributed by atoms with Gasteiger partial charge in [0.25, 0.3) is 11.2 Å². The van der Waals surface area contributed by atoms with E-state index in [1.165, 1.54) is 16.7 Å². The summed E-state index contributed by atoms with van der Waals surface area (Å²) < 4.78 is 2.75. The van der Waals surface area contributed by atoms with Crippen LogP contribution in [0.2, 0.25) is 0 Å². The van der Waals surface area contributed by atoms with Crippen LogP contribution in [0.4, 0.5) is 5.69 Å². The van der Waals surface area contributed by atoms with Gasteiger partial charge in [-0.25, -0.2) is 4.98 Å². The fraction of sp³-hybridized carbons (Fsp3) is 0.0667. The molecule has 23 heavy (non-hydrogen) atoms. The number of nitrogens with zero attached hydrogens (tertiary/aromatic N) is 3. The van der Waals surface area contributed by atoms with Gasteiger partial charge in [0.2, 0.25) is 0 Å². The number of rotatable bonds is 2. The van der Waals surface area contributed by atoms with Crippen molar-refractivity contribution in [3.05, 3.63) is 70.7 Å². The molecule has 0 aliphatic carbocycles. The van der Waals surface area contributed by atoms with Crippen molar-refractivity contribution in [2.24, 2.45) is 0 Å². The lowest BCUT2D eigenvalue weighted by Gasteiger charge is -2.11. The quantitative estimate of drug-likeness (QED) is 0.312. The number of fused-ring (bicyclic) bond motifs is 1. The molecule has 0 saturated carbocycles. The van der Waals surface area contributed by atoms with Crippen LogP contribution in [0.3, 0.4) is 0 Å². The number of hydrogen-bond donors (Lipinski definition) is 0. The van der Waals surface area contributed by atoms with Gasteiger partial charge in [0.05, 0.1) is 15.8 Å². The van der Waals surface area contributed by atoms with E-state index in [4.69, 9.17) is 0 Å². The van der Waals surface area contributed by atoms with E-state index in [0.717, 1.165) is 3.57 Å². The zero-order chi connectivity index (χ0) is 16.7. The molecule has 0 spiro atoms. The first-order chi connectivity index (χ1) is 10.9. The summed E-state index contributed by atoms with van der Waals surface area (Å²) in [6.45, 7) is 1.66. The van der Waals surface area contributed by atoms with Crippen LogP contribution < -0.4 is 5.56 Å². The van der Waals surface area contributed by atoms with Gasteiger partial charge in [0.1, 0.15) is 11.5 Å². The number of aryl methyl sites for hydroxylation is 1. The summed E-state index contributed by atoms with van der Waals surface area (Å²) in [7, 11) is 0. The van der Waals surface area contributed by atoms with E-state index in [2.05, 4.69) is 43.5 Å². The van der Waals surface area contributed by atoms with Crippen LogP contribution in [0, 0.1) is 20.6 Å². The maximum Gasteiger partial charge on any atom is 0.294 e. The third-order valence-electron chi connectivity index (χ3n) is 3.37. The summed E-state index contributed by atoms with van der Waals surface area (Å²) in [6.07, 6.45) is 0. The molecular weight excluding hydrogens is 477 g/mol. The van der Waals surface area contributed by atoms with Crippen LogP contribution >= 0.6 is 38.5 Å². The molecule has 0 saturated heterocycles. The molecule has 116 valence electrons. The summed E-state index contributed by atoms with van der Waals surface area (Å²) in [5, 5.41) is 11.8. The number of hydrogen-bond acceptors (Lipinski definition) is 4. The van der Waals surface area contributed by atoms with E-state index < -0.39 is 4.92 Å². The minimum atomic E-state index is -0.509. The minimum absolute atomic E-state index is 0.156. The number of nitro groups is 1. The van der Waals surface area contributed by atoms with Crippen molar-refractivity contribution in [3.63, 3.8) is 0 Å². The van der Waals surface area contributed by atoms with Gasteiger partial charge in [-0.1, -0.05) is 15.9 Å². The van der Waals surface area contributed by atoms with Crippen LogP contribution in [-0.2, 0) is 0 Å². The first-order valence-corrected chi connectivity index (χ1v) is 8.39. The van der Waals surface area contributed by atoms with Gasteiger partial charge in [-0.3, -0.25) is 19.5 Å². The van der Waals surface area contributed by atoms with Crippen LogP contribution in [0.25, 0.3) is 16.6 Å². The Balaban J connectivity index is 2.42. The standard InChI is InChI=1S/C15H9BrIN3O3/c1-8-18-12-4-3-10(17)7-11(12)15(21)19(8)13-5-2-9(16)6-14(13)20(22)23/h2-7H,1H3. The summed E-state index contributed by atoms with van der Waals surface area (Å²) in [5.41, 5.74) is 0.297. The predicted octanol–water partition coefficient (Wildman–Crippen LogP) is 3.97. The van der Waals surface area contributed by atoms with Gasteiger partial charge in [0, 0.05) is 14.1 Å². The molecule has 0 aliphatic rings. The minimum Gasteiger partial charge on any atom is -0.268 e. The molecule has 3 rings (SSSR count). The van der Waals surface area contributed by atoms with Gasteiger partial charge >= 0.3 is 0 Å². The average Bonchev–Trinajstić information content (AvgIpc) is 2.49. The molecule has 0 radical (unpaired) electrons. The van der Waals surface area contributed by atoms with Crippen molar-refractivity contribution >= 4 is 55.1 Å². The second-order valence-corrected chi connectivity index (χ2v) is 7.01. The highest BCUT2D eigenvalue weighted by Gasteiger charge is 2.20. The van der Waals surface area contributed by atoms with Gasteiger partial charge in [-0.15, -0.1) is 0 Å². The molecule has 0 unspecified atom stereocenters. The number of nitro benzene ring substituents is 1. The van der Waals surface area contributed by atoms with Crippen molar-refractivity contribution < 1.29 is 4.92 Å². The second-order valence-electron chi connectivity index (χ2n) is 4.85. The predicted molar refractivity (Wildman–Crippen MR) is 99.1 cm³/mol. The zero-order valence-corrected chi connectivity index (χ0v) is 15.5. The molecular formula is C15H9BrIN3O3. The summed E-state index contributed by atoms with van der Waals surface area (Å²) >= 11 is 5.33. The highest BCUT2D eigenvalue weighted by Crippen LogP contribution is 2.27. The smallest absolute Gasteiger partial charge is 0.268 e. The Labute approximate surface area is 152 Å². The Hall–Kier alpha value is -1.81. The number of aromatic nitrogens is 2. The normalized spacial score (nSPS) is 10.9. The van der Waals surface area contributed by atoms with Crippen LogP contribution in [0.5, 0.6) is 0 Å². The molecule has 0 bridgehead atoms. The van der Waals surface area contributed by atoms with E-state index in [0.29, 0.717) is 21.2 Å². The maximum absolute atomic E-state index is 12.8. The van der Waals surface area contributed by atoms with Crippen molar-refractivity contribution in [3.8, 4) is 5.69 Å². The van der Waals surface area contributed by atoms with Gasteiger partial charge < -0.3 is 0 Å². The van der Waals surface area contributed by atoms with Crippen molar-refractivity contribution in [2.45, 2.75) is 6.92 Å². The average molecular weight is 486 g/mol. The lowest BCUT2D eigenvalue weighted by molar-refractivity contribution is -0.384. The van der Waals surface area contributed by atoms with Crippen molar-refractivity contribution in [1.29, 1.82) is 0 Å². The SMILES string of the molecule is Cc1nc2ccc(I)cc2c(=O)n1-c1ccc(Br)cc1[N+](=O)[O-]. The highest BCUT2D eigenvalue weighted by molar-refractivity contribution is 14.1. The highest BCUT2D eigenvalue weighted by atomic mass is 127. The van der Waals surface area contributed by atoms with Gasteiger partial charge in [-0.05, 0) is 59.8 Å². The molecule has 2 aromatic carbocycles. The first kappa shape index (κ1) is 16.1. The molecule has 6 nitrogen and oxygen atoms in total.